The van der Waals surface area contributed by atoms with Crippen LogP contribution in [-0.2, 0) is 0 Å². The Morgan fingerprint density at radius 1 is 1.09 bits per heavy atom. The Bertz CT molecular complexity index is 173. The summed E-state index contributed by atoms with van der Waals surface area (Å²) in [6.07, 6.45) is 0. The number of hydrogen-bond donors (Lipinski definition) is 1. The normalized spacial score (nSPS) is 8.36. The van der Waals surface area contributed by atoms with Crippen molar-refractivity contribution in [3.8, 4) is 0 Å². The Hall–Kier alpha value is -0.820. The van der Waals surface area contributed by atoms with E-state index in [0.717, 1.165) is 6.54 Å². The van der Waals surface area contributed by atoms with Gasteiger partial charge in [-0.3, -0.25) is 0 Å². The van der Waals surface area contributed by atoms with Gasteiger partial charge in [-0.2, -0.15) is 0 Å². The van der Waals surface area contributed by atoms with Crippen LogP contribution in [0.5, 0.6) is 0 Å². The van der Waals surface area contributed by atoms with E-state index in [1.807, 2.05) is 6.92 Å². The molecule has 0 atom stereocenters. The number of rotatable bonds is 0. The van der Waals surface area contributed by atoms with Crippen LogP contribution in [-0.4, -0.2) is 6.54 Å². The predicted molar refractivity (Wildman–Crippen MR) is 50.6 cm³/mol. The molecule has 11 heavy (non-hydrogen) atoms. The van der Waals surface area contributed by atoms with Crippen LogP contribution in [0.4, 0.5) is 0 Å². The van der Waals surface area contributed by atoms with E-state index in [0.29, 0.717) is 0 Å². The van der Waals surface area contributed by atoms with Crippen LogP contribution in [0.2, 0.25) is 0 Å². The molecule has 1 rings (SSSR count). The van der Waals surface area contributed by atoms with Gasteiger partial charge in [0.25, 0.3) is 0 Å². The van der Waals surface area contributed by atoms with Crippen molar-refractivity contribution in [2.75, 3.05) is 6.54 Å². The molecule has 62 valence electrons. The molecular formula is C10H17N. The van der Waals surface area contributed by atoms with E-state index in [4.69, 9.17) is 5.73 Å². The molecule has 0 amide bonds. The largest absolute Gasteiger partial charge is 0.331 e. The summed E-state index contributed by atoms with van der Waals surface area (Å²) in [5.74, 6) is 0. The molecule has 0 fully saturated rings. The first-order valence-corrected chi connectivity index (χ1v) is 3.94. The molecule has 1 aromatic carbocycles. The summed E-state index contributed by atoms with van der Waals surface area (Å²) in [4.78, 5) is 0. The van der Waals surface area contributed by atoms with Crippen molar-refractivity contribution >= 4 is 0 Å². The van der Waals surface area contributed by atoms with Crippen LogP contribution >= 0.6 is 0 Å². The molecule has 0 spiro atoms. The van der Waals surface area contributed by atoms with Gasteiger partial charge in [-0.25, -0.2) is 0 Å². The van der Waals surface area contributed by atoms with Crippen molar-refractivity contribution in [1.29, 1.82) is 0 Å². The Morgan fingerprint density at radius 3 is 1.55 bits per heavy atom. The van der Waals surface area contributed by atoms with Gasteiger partial charge in [-0.05, 0) is 31.5 Å². The summed E-state index contributed by atoms with van der Waals surface area (Å²) in [5.41, 5.74) is 7.58. The van der Waals surface area contributed by atoms with Crippen molar-refractivity contribution in [2.45, 2.75) is 20.8 Å². The second kappa shape index (κ2) is 5.93. The molecule has 1 nitrogen and oxygen atoms in total. The highest BCUT2D eigenvalue weighted by Crippen LogP contribution is 2.02. The van der Waals surface area contributed by atoms with Crippen LogP contribution in [0.1, 0.15) is 18.1 Å². The lowest BCUT2D eigenvalue weighted by atomic mass is 10.1. The SMILES string of the molecule is CCN.Cc1ccccc1C. The monoisotopic (exact) mass is 151 g/mol. The van der Waals surface area contributed by atoms with E-state index in [-0.39, 0.29) is 0 Å². The van der Waals surface area contributed by atoms with Crippen molar-refractivity contribution in [3.63, 3.8) is 0 Å². The Morgan fingerprint density at radius 2 is 1.36 bits per heavy atom. The van der Waals surface area contributed by atoms with E-state index >= 15 is 0 Å². The van der Waals surface area contributed by atoms with Crippen molar-refractivity contribution in [2.24, 2.45) is 5.73 Å². The molecule has 2 N–H and O–H groups in total. The number of aryl methyl sites for hydroxylation is 2. The van der Waals surface area contributed by atoms with E-state index in [9.17, 15) is 0 Å². The Kier molecular flexibility index (Phi) is 5.49. The molecule has 0 aliphatic carbocycles. The summed E-state index contributed by atoms with van der Waals surface area (Å²) >= 11 is 0. The zero-order valence-corrected chi connectivity index (χ0v) is 7.59. The third-order valence-corrected chi connectivity index (χ3v) is 1.43. The van der Waals surface area contributed by atoms with Crippen molar-refractivity contribution in [1.82, 2.24) is 0 Å². The fourth-order valence-corrected chi connectivity index (χ4v) is 0.663. The van der Waals surface area contributed by atoms with Gasteiger partial charge in [0.1, 0.15) is 0 Å². The maximum atomic E-state index is 4.85. The summed E-state index contributed by atoms with van der Waals surface area (Å²) in [6.45, 7) is 6.89. The minimum Gasteiger partial charge on any atom is -0.331 e. The third kappa shape index (κ3) is 4.57. The molecule has 0 heterocycles. The molecule has 0 aliphatic rings. The number of hydrogen-bond acceptors (Lipinski definition) is 1. The molecular weight excluding hydrogens is 134 g/mol. The van der Waals surface area contributed by atoms with Crippen molar-refractivity contribution in [3.05, 3.63) is 35.4 Å². The Labute approximate surface area is 69.2 Å². The van der Waals surface area contributed by atoms with Crippen LogP contribution in [0, 0.1) is 13.8 Å². The zero-order chi connectivity index (χ0) is 8.69. The van der Waals surface area contributed by atoms with E-state index < -0.39 is 0 Å². The molecule has 0 aromatic heterocycles. The zero-order valence-electron chi connectivity index (χ0n) is 7.59. The molecule has 0 aliphatic heterocycles. The number of benzene rings is 1. The fourth-order valence-electron chi connectivity index (χ4n) is 0.663. The highest BCUT2D eigenvalue weighted by molar-refractivity contribution is 5.23. The average molecular weight is 151 g/mol. The van der Waals surface area contributed by atoms with Gasteiger partial charge in [0.05, 0.1) is 0 Å². The highest BCUT2D eigenvalue weighted by Gasteiger charge is 1.83. The predicted octanol–water partition coefficient (Wildman–Crippen LogP) is 2.27. The quantitative estimate of drug-likeness (QED) is 0.604. The van der Waals surface area contributed by atoms with E-state index in [2.05, 4.69) is 38.1 Å². The van der Waals surface area contributed by atoms with Gasteiger partial charge in [0, 0.05) is 0 Å². The van der Waals surface area contributed by atoms with Gasteiger partial charge in [-0.1, -0.05) is 31.2 Å². The lowest BCUT2D eigenvalue weighted by Crippen LogP contribution is -1.87. The van der Waals surface area contributed by atoms with E-state index in [1.165, 1.54) is 11.1 Å². The topological polar surface area (TPSA) is 26.0 Å². The lowest BCUT2D eigenvalue weighted by Gasteiger charge is -1.93. The standard InChI is InChI=1S/C8H10.C2H7N/c1-7-5-3-4-6-8(7)2;1-2-3/h3-6H,1-2H3;2-3H2,1H3. The molecule has 0 unspecified atom stereocenters. The first-order valence-electron chi connectivity index (χ1n) is 3.94. The smallest absolute Gasteiger partial charge is 0.0106 e. The second-order valence-corrected chi connectivity index (χ2v) is 2.49. The van der Waals surface area contributed by atoms with Gasteiger partial charge >= 0.3 is 0 Å². The third-order valence-electron chi connectivity index (χ3n) is 1.43. The summed E-state index contributed by atoms with van der Waals surface area (Å²) in [7, 11) is 0. The molecule has 0 saturated carbocycles. The molecule has 0 saturated heterocycles. The summed E-state index contributed by atoms with van der Waals surface area (Å²) < 4.78 is 0. The lowest BCUT2D eigenvalue weighted by molar-refractivity contribution is 1.14. The van der Waals surface area contributed by atoms with E-state index in [1.54, 1.807) is 0 Å². The maximum Gasteiger partial charge on any atom is -0.0106 e. The van der Waals surface area contributed by atoms with Gasteiger partial charge < -0.3 is 5.73 Å². The number of nitrogens with two attached hydrogens (primary N) is 1. The minimum absolute atomic E-state index is 0.750. The van der Waals surface area contributed by atoms with Gasteiger partial charge in [0.2, 0.25) is 0 Å². The van der Waals surface area contributed by atoms with Gasteiger partial charge in [-0.15, -0.1) is 0 Å². The summed E-state index contributed by atoms with van der Waals surface area (Å²) in [5, 5.41) is 0. The average Bonchev–Trinajstić information content (AvgIpc) is 1.97. The maximum absolute atomic E-state index is 4.85. The van der Waals surface area contributed by atoms with Crippen molar-refractivity contribution < 1.29 is 0 Å². The molecule has 1 aromatic rings. The highest BCUT2D eigenvalue weighted by atomic mass is 14.5. The van der Waals surface area contributed by atoms with Crippen LogP contribution in [0.25, 0.3) is 0 Å². The molecule has 1 heteroatoms. The van der Waals surface area contributed by atoms with Crippen LogP contribution in [0.3, 0.4) is 0 Å². The first kappa shape index (κ1) is 10.2. The fraction of sp³-hybridized carbons (Fsp3) is 0.400. The first-order chi connectivity index (χ1) is 5.22. The van der Waals surface area contributed by atoms with Crippen LogP contribution < -0.4 is 5.73 Å². The van der Waals surface area contributed by atoms with Gasteiger partial charge in [0.15, 0.2) is 0 Å². The second-order valence-electron chi connectivity index (χ2n) is 2.49. The molecule has 0 radical (unpaired) electrons. The minimum atomic E-state index is 0.750. The molecule has 0 bridgehead atoms. The Balaban J connectivity index is 0.000000292. The summed E-state index contributed by atoms with van der Waals surface area (Å²) in [6, 6.07) is 8.36. The van der Waals surface area contributed by atoms with Crippen LogP contribution in [0.15, 0.2) is 24.3 Å².